The van der Waals surface area contributed by atoms with Crippen LogP contribution in [0.3, 0.4) is 0 Å². The first-order valence-electron chi connectivity index (χ1n) is 8.13. The molecule has 2 aliphatic rings. The highest BCUT2D eigenvalue weighted by Crippen LogP contribution is 2.28. The van der Waals surface area contributed by atoms with Crippen molar-refractivity contribution in [2.75, 3.05) is 50.7 Å². The van der Waals surface area contributed by atoms with Crippen molar-refractivity contribution in [2.24, 2.45) is 0 Å². The van der Waals surface area contributed by atoms with Crippen molar-refractivity contribution in [3.8, 4) is 0 Å². The number of amides is 1. The second kappa shape index (κ2) is 6.95. The van der Waals surface area contributed by atoms with E-state index in [1.807, 2.05) is 15.9 Å². The molecule has 124 valence electrons. The van der Waals surface area contributed by atoms with E-state index in [0.717, 1.165) is 39.0 Å². The molecule has 0 saturated carbocycles. The average Bonchev–Trinajstić information content (AvgIpc) is 3.10. The Morgan fingerprint density at radius 3 is 2.35 bits per heavy atom. The fourth-order valence-corrected chi connectivity index (χ4v) is 3.29. The lowest BCUT2D eigenvalue weighted by atomic mass is 10.2. The van der Waals surface area contributed by atoms with E-state index in [0.29, 0.717) is 25.3 Å². The first-order valence-corrected chi connectivity index (χ1v) is 8.13. The summed E-state index contributed by atoms with van der Waals surface area (Å²) in [5, 5.41) is 11.1. The third kappa shape index (κ3) is 3.61. The summed E-state index contributed by atoms with van der Waals surface area (Å²) in [5.41, 5.74) is 0.817. The van der Waals surface area contributed by atoms with Gasteiger partial charge in [-0.2, -0.15) is 0 Å². The number of nitro benzene ring substituents is 1. The van der Waals surface area contributed by atoms with Crippen LogP contribution in [0.2, 0.25) is 0 Å². The smallest absolute Gasteiger partial charge is 0.292 e. The number of carbonyl (C=O) groups excluding carboxylic acids is 1. The standard InChI is InChI=1S/C16H22N4O3/c21-16(19-7-3-4-8-19)13-17-9-11-18(12-10-17)14-5-1-2-6-15(14)20(22)23/h1-2,5-6H,3-4,7-13H2. The minimum atomic E-state index is -0.335. The normalized spacial score (nSPS) is 19.1. The van der Waals surface area contributed by atoms with Gasteiger partial charge < -0.3 is 9.80 Å². The number of rotatable bonds is 4. The maximum absolute atomic E-state index is 12.2. The third-order valence-corrected chi connectivity index (χ3v) is 4.61. The molecule has 0 spiro atoms. The highest BCUT2D eigenvalue weighted by Gasteiger charge is 2.26. The van der Waals surface area contributed by atoms with Gasteiger partial charge in [-0.05, 0) is 18.9 Å². The first-order chi connectivity index (χ1) is 11.1. The predicted molar refractivity (Wildman–Crippen MR) is 87.6 cm³/mol. The van der Waals surface area contributed by atoms with Crippen molar-refractivity contribution >= 4 is 17.3 Å². The summed E-state index contributed by atoms with van der Waals surface area (Å²) in [6.07, 6.45) is 2.22. The van der Waals surface area contributed by atoms with E-state index in [9.17, 15) is 14.9 Å². The van der Waals surface area contributed by atoms with Crippen molar-refractivity contribution in [3.05, 3.63) is 34.4 Å². The number of para-hydroxylation sites is 2. The van der Waals surface area contributed by atoms with Gasteiger partial charge in [-0.15, -0.1) is 0 Å². The van der Waals surface area contributed by atoms with Gasteiger partial charge in [0, 0.05) is 45.3 Å². The number of piperazine rings is 1. The number of nitrogens with zero attached hydrogens (tertiary/aromatic N) is 4. The maximum atomic E-state index is 12.2. The van der Waals surface area contributed by atoms with Gasteiger partial charge >= 0.3 is 0 Å². The zero-order valence-corrected chi connectivity index (χ0v) is 13.2. The Balaban J connectivity index is 1.56. The van der Waals surface area contributed by atoms with E-state index in [1.54, 1.807) is 18.2 Å². The van der Waals surface area contributed by atoms with Crippen LogP contribution in [0.1, 0.15) is 12.8 Å². The molecule has 0 unspecified atom stereocenters. The van der Waals surface area contributed by atoms with E-state index < -0.39 is 0 Å². The lowest BCUT2D eigenvalue weighted by Crippen LogP contribution is -2.50. The molecule has 1 aromatic carbocycles. The fraction of sp³-hybridized carbons (Fsp3) is 0.562. The molecule has 2 saturated heterocycles. The van der Waals surface area contributed by atoms with Gasteiger partial charge in [0.15, 0.2) is 0 Å². The summed E-state index contributed by atoms with van der Waals surface area (Å²) in [4.78, 5) is 29.1. The van der Waals surface area contributed by atoms with Crippen LogP contribution in [0.5, 0.6) is 0 Å². The first kappa shape index (κ1) is 15.7. The highest BCUT2D eigenvalue weighted by atomic mass is 16.6. The van der Waals surface area contributed by atoms with Gasteiger partial charge in [0.2, 0.25) is 5.91 Å². The predicted octanol–water partition coefficient (Wildman–Crippen LogP) is 1.34. The van der Waals surface area contributed by atoms with E-state index >= 15 is 0 Å². The Labute approximate surface area is 135 Å². The minimum absolute atomic E-state index is 0.147. The molecule has 0 aromatic heterocycles. The topological polar surface area (TPSA) is 69.9 Å². The number of hydrogen-bond acceptors (Lipinski definition) is 5. The number of carbonyl (C=O) groups is 1. The minimum Gasteiger partial charge on any atom is -0.363 e. The van der Waals surface area contributed by atoms with Crippen molar-refractivity contribution in [1.29, 1.82) is 0 Å². The maximum Gasteiger partial charge on any atom is 0.292 e. The van der Waals surface area contributed by atoms with Crippen LogP contribution in [-0.2, 0) is 4.79 Å². The molecule has 7 nitrogen and oxygen atoms in total. The van der Waals surface area contributed by atoms with E-state index in [-0.39, 0.29) is 16.5 Å². The number of likely N-dealkylation sites (tertiary alicyclic amines) is 1. The molecule has 23 heavy (non-hydrogen) atoms. The van der Waals surface area contributed by atoms with Crippen molar-refractivity contribution in [3.63, 3.8) is 0 Å². The second-order valence-corrected chi connectivity index (χ2v) is 6.10. The van der Waals surface area contributed by atoms with Gasteiger partial charge in [0.05, 0.1) is 11.5 Å². The van der Waals surface area contributed by atoms with Crippen LogP contribution in [0.4, 0.5) is 11.4 Å². The van der Waals surface area contributed by atoms with Crippen molar-refractivity contribution in [1.82, 2.24) is 9.80 Å². The van der Waals surface area contributed by atoms with Crippen molar-refractivity contribution in [2.45, 2.75) is 12.8 Å². The van der Waals surface area contributed by atoms with E-state index in [4.69, 9.17) is 0 Å². The van der Waals surface area contributed by atoms with Gasteiger partial charge in [0.1, 0.15) is 5.69 Å². The quantitative estimate of drug-likeness (QED) is 0.619. The Hall–Kier alpha value is -2.15. The van der Waals surface area contributed by atoms with Gasteiger partial charge in [-0.3, -0.25) is 19.8 Å². The zero-order valence-electron chi connectivity index (χ0n) is 13.2. The lowest BCUT2D eigenvalue weighted by molar-refractivity contribution is -0.384. The van der Waals surface area contributed by atoms with E-state index in [2.05, 4.69) is 4.90 Å². The molecule has 2 heterocycles. The number of nitro groups is 1. The zero-order chi connectivity index (χ0) is 16.2. The largest absolute Gasteiger partial charge is 0.363 e. The molecule has 2 fully saturated rings. The molecule has 7 heteroatoms. The molecule has 0 atom stereocenters. The summed E-state index contributed by atoms with van der Waals surface area (Å²) in [6.45, 7) is 5.16. The fourth-order valence-electron chi connectivity index (χ4n) is 3.29. The van der Waals surface area contributed by atoms with Crippen LogP contribution < -0.4 is 4.90 Å². The molecule has 0 bridgehead atoms. The Morgan fingerprint density at radius 2 is 1.70 bits per heavy atom. The van der Waals surface area contributed by atoms with Crippen molar-refractivity contribution < 1.29 is 9.72 Å². The molecule has 1 aromatic rings. The average molecular weight is 318 g/mol. The SMILES string of the molecule is O=C(CN1CCN(c2ccccc2[N+](=O)[O-])CC1)N1CCCC1. The molecule has 3 rings (SSSR count). The summed E-state index contributed by atoms with van der Waals surface area (Å²) >= 11 is 0. The second-order valence-electron chi connectivity index (χ2n) is 6.10. The van der Waals surface area contributed by atoms with Crippen LogP contribution >= 0.6 is 0 Å². The monoisotopic (exact) mass is 318 g/mol. The lowest BCUT2D eigenvalue weighted by Gasteiger charge is -2.36. The Kier molecular flexibility index (Phi) is 4.76. The number of benzene rings is 1. The molecular formula is C16H22N4O3. The molecule has 0 N–H and O–H groups in total. The molecule has 1 amide bonds. The van der Waals surface area contributed by atoms with Crippen LogP contribution in [0, 0.1) is 10.1 Å². The molecule has 2 aliphatic heterocycles. The number of anilines is 1. The highest BCUT2D eigenvalue weighted by molar-refractivity contribution is 5.78. The summed E-state index contributed by atoms with van der Waals surface area (Å²) in [7, 11) is 0. The van der Waals surface area contributed by atoms with Crippen LogP contribution in [-0.4, -0.2) is 66.4 Å². The van der Waals surface area contributed by atoms with Crippen LogP contribution in [0.15, 0.2) is 24.3 Å². The van der Waals surface area contributed by atoms with Gasteiger partial charge in [-0.1, -0.05) is 12.1 Å². The summed E-state index contributed by atoms with van der Waals surface area (Å²) < 4.78 is 0. The number of hydrogen-bond donors (Lipinski definition) is 0. The van der Waals surface area contributed by atoms with Crippen LogP contribution in [0.25, 0.3) is 0 Å². The molecular weight excluding hydrogens is 296 g/mol. The molecule has 0 aliphatic carbocycles. The Bertz CT molecular complexity index is 578. The third-order valence-electron chi connectivity index (χ3n) is 4.61. The summed E-state index contributed by atoms with van der Waals surface area (Å²) in [5.74, 6) is 0.210. The van der Waals surface area contributed by atoms with E-state index in [1.165, 1.54) is 0 Å². The van der Waals surface area contributed by atoms with Gasteiger partial charge in [0.25, 0.3) is 5.69 Å². The summed E-state index contributed by atoms with van der Waals surface area (Å²) in [6, 6.07) is 6.85. The Morgan fingerprint density at radius 1 is 1.04 bits per heavy atom. The van der Waals surface area contributed by atoms with Gasteiger partial charge in [-0.25, -0.2) is 0 Å². The molecule has 0 radical (unpaired) electrons.